The zero-order valence-corrected chi connectivity index (χ0v) is 16.1. The lowest BCUT2D eigenvalue weighted by molar-refractivity contribution is -0.144. The van der Waals surface area contributed by atoms with E-state index in [0.29, 0.717) is 39.3 Å². The van der Waals surface area contributed by atoms with Gasteiger partial charge in [-0.3, -0.25) is 14.5 Å². The first-order valence-electron chi connectivity index (χ1n) is 9.59. The van der Waals surface area contributed by atoms with Crippen LogP contribution in [0.2, 0.25) is 0 Å². The Kier molecular flexibility index (Phi) is 6.44. The van der Waals surface area contributed by atoms with Crippen molar-refractivity contribution in [3.8, 4) is 0 Å². The average Bonchev–Trinajstić information content (AvgIpc) is 3.21. The van der Waals surface area contributed by atoms with Crippen LogP contribution in [-0.2, 0) is 20.9 Å². The van der Waals surface area contributed by atoms with E-state index in [4.69, 9.17) is 4.74 Å². The second kappa shape index (κ2) is 8.80. The van der Waals surface area contributed by atoms with E-state index in [1.807, 2.05) is 17.9 Å². The fourth-order valence-corrected chi connectivity index (χ4v) is 3.77. The third kappa shape index (κ3) is 4.84. The van der Waals surface area contributed by atoms with E-state index in [-0.39, 0.29) is 29.8 Å². The number of rotatable bonds is 5. The van der Waals surface area contributed by atoms with Gasteiger partial charge in [-0.2, -0.15) is 0 Å². The maximum absolute atomic E-state index is 13.3. The van der Waals surface area contributed by atoms with Crippen molar-refractivity contribution in [1.29, 1.82) is 0 Å². The minimum atomic E-state index is -0.298. The molecule has 0 aromatic heterocycles. The van der Waals surface area contributed by atoms with Crippen molar-refractivity contribution >= 4 is 11.8 Å². The normalized spacial score (nSPS) is 21.9. The number of amides is 2. The Morgan fingerprint density at radius 1 is 1.30 bits per heavy atom. The summed E-state index contributed by atoms with van der Waals surface area (Å²) in [5, 5.41) is 0. The standard InChI is InChI=1S/C20H28FN3O3/c1-15(19(25)22(2)14-16-5-3-6-17(21)13-16)23-8-10-24(11-9-23)20(26)18-7-4-12-27-18/h3,5-6,13,15,18H,4,7-12,14H2,1-2H3. The quantitative estimate of drug-likeness (QED) is 0.780. The molecule has 148 valence electrons. The first-order valence-corrected chi connectivity index (χ1v) is 9.59. The molecule has 0 radical (unpaired) electrons. The number of ether oxygens (including phenoxy) is 1. The minimum Gasteiger partial charge on any atom is -0.368 e. The molecule has 27 heavy (non-hydrogen) atoms. The summed E-state index contributed by atoms with van der Waals surface area (Å²) in [6.45, 7) is 5.49. The SMILES string of the molecule is CC(C(=O)N(C)Cc1cccc(F)c1)N1CCN(C(=O)C2CCCO2)CC1. The summed E-state index contributed by atoms with van der Waals surface area (Å²) in [4.78, 5) is 30.7. The van der Waals surface area contributed by atoms with Crippen LogP contribution in [-0.4, -0.2) is 78.5 Å². The number of carbonyl (C=O) groups excluding carboxylic acids is 2. The van der Waals surface area contributed by atoms with Gasteiger partial charge in [0, 0.05) is 46.4 Å². The van der Waals surface area contributed by atoms with Gasteiger partial charge in [0.2, 0.25) is 5.91 Å². The fraction of sp³-hybridized carbons (Fsp3) is 0.600. The van der Waals surface area contributed by atoms with Crippen molar-refractivity contribution in [2.75, 3.05) is 39.8 Å². The van der Waals surface area contributed by atoms with Crippen LogP contribution in [0.15, 0.2) is 24.3 Å². The number of carbonyl (C=O) groups is 2. The van der Waals surface area contributed by atoms with E-state index < -0.39 is 0 Å². The molecule has 2 atom stereocenters. The minimum absolute atomic E-state index is 0.00170. The van der Waals surface area contributed by atoms with Gasteiger partial charge in [-0.15, -0.1) is 0 Å². The molecule has 0 aliphatic carbocycles. The monoisotopic (exact) mass is 377 g/mol. The van der Waals surface area contributed by atoms with Gasteiger partial charge in [-0.1, -0.05) is 12.1 Å². The molecular weight excluding hydrogens is 349 g/mol. The smallest absolute Gasteiger partial charge is 0.251 e. The molecule has 2 amide bonds. The summed E-state index contributed by atoms with van der Waals surface area (Å²) in [7, 11) is 1.74. The maximum atomic E-state index is 13.3. The van der Waals surface area contributed by atoms with Crippen molar-refractivity contribution in [3.63, 3.8) is 0 Å². The number of hydrogen-bond acceptors (Lipinski definition) is 4. The number of benzene rings is 1. The molecular formula is C20H28FN3O3. The van der Waals surface area contributed by atoms with Crippen LogP contribution >= 0.6 is 0 Å². The Morgan fingerprint density at radius 3 is 2.67 bits per heavy atom. The summed E-state index contributed by atoms with van der Waals surface area (Å²) in [5.74, 6) is -0.221. The van der Waals surface area contributed by atoms with Crippen LogP contribution in [0.3, 0.4) is 0 Å². The highest BCUT2D eigenvalue weighted by molar-refractivity contribution is 5.82. The number of halogens is 1. The molecule has 2 heterocycles. The van der Waals surface area contributed by atoms with E-state index in [0.717, 1.165) is 18.4 Å². The van der Waals surface area contributed by atoms with Crippen molar-refractivity contribution in [2.24, 2.45) is 0 Å². The lowest BCUT2D eigenvalue weighted by Gasteiger charge is -2.39. The summed E-state index contributed by atoms with van der Waals surface area (Å²) >= 11 is 0. The van der Waals surface area contributed by atoms with Crippen molar-refractivity contribution in [3.05, 3.63) is 35.6 Å². The van der Waals surface area contributed by atoms with Crippen LogP contribution in [0.4, 0.5) is 4.39 Å². The van der Waals surface area contributed by atoms with Gasteiger partial charge in [-0.25, -0.2) is 4.39 Å². The Morgan fingerprint density at radius 2 is 2.04 bits per heavy atom. The van der Waals surface area contributed by atoms with Crippen LogP contribution in [0, 0.1) is 5.82 Å². The van der Waals surface area contributed by atoms with Crippen LogP contribution in [0.25, 0.3) is 0 Å². The first-order chi connectivity index (χ1) is 13.0. The van der Waals surface area contributed by atoms with Crippen molar-refractivity contribution < 1.29 is 18.7 Å². The summed E-state index contributed by atoms with van der Waals surface area (Å²) in [6, 6.07) is 6.03. The maximum Gasteiger partial charge on any atom is 0.251 e. The van der Waals surface area contributed by atoms with Gasteiger partial charge in [0.1, 0.15) is 11.9 Å². The topological polar surface area (TPSA) is 53.1 Å². The van der Waals surface area contributed by atoms with E-state index in [9.17, 15) is 14.0 Å². The molecule has 2 unspecified atom stereocenters. The Hall–Kier alpha value is -1.99. The van der Waals surface area contributed by atoms with Gasteiger partial charge in [0.05, 0.1) is 6.04 Å². The summed E-state index contributed by atoms with van der Waals surface area (Å²) < 4.78 is 18.8. The van der Waals surface area contributed by atoms with Crippen molar-refractivity contribution in [2.45, 2.75) is 38.5 Å². The third-order valence-corrected chi connectivity index (χ3v) is 5.42. The van der Waals surface area contributed by atoms with E-state index in [1.54, 1.807) is 18.0 Å². The average molecular weight is 377 g/mol. The number of hydrogen-bond donors (Lipinski definition) is 0. The van der Waals surface area contributed by atoms with E-state index >= 15 is 0 Å². The molecule has 0 bridgehead atoms. The summed E-state index contributed by atoms with van der Waals surface area (Å²) in [5.41, 5.74) is 0.769. The van der Waals surface area contributed by atoms with Crippen molar-refractivity contribution in [1.82, 2.24) is 14.7 Å². The molecule has 2 fully saturated rings. The molecule has 3 rings (SSSR count). The molecule has 2 aliphatic heterocycles. The number of piperazine rings is 1. The number of likely N-dealkylation sites (N-methyl/N-ethyl adjacent to an activating group) is 1. The van der Waals surface area contributed by atoms with Gasteiger partial charge < -0.3 is 14.5 Å². The first kappa shape index (κ1) is 19.8. The molecule has 7 heteroatoms. The zero-order chi connectivity index (χ0) is 19.4. The van der Waals surface area contributed by atoms with Gasteiger partial charge in [0.15, 0.2) is 0 Å². The van der Waals surface area contributed by atoms with Crippen LogP contribution in [0.1, 0.15) is 25.3 Å². The Balaban J connectivity index is 1.49. The fourth-order valence-electron chi connectivity index (χ4n) is 3.77. The molecule has 0 saturated carbocycles. The molecule has 0 spiro atoms. The van der Waals surface area contributed by atoms with Crippen LogP contribution < -0.4 is 0 Å². The van der Waals surface area contributed by atoms with Gasteiger partial charge in [0.25, 0.3) is 5.91 Å². The van der Waals surface area contributed by atoms with Gasteiger partial charge in [-0.05, 0) is 37.5 Å². The molecule has 2 saturated heterocycles. The Labute approximate surface area is 159 Å². The largest absolute Gasteiger partial charge is 0.368 e. The van der Waals surface area contributed by atoms with Crippen LogP contribution in [0.5, 0.6) is 0 Å². The predicted molar refractivity (Wildman–Crippen MR) is 99.5 cm³/mol. The lowest BCUT2D eigenvalue weighted by atomic mass is 10.1. The molecule has 6 nitrogen and oxygen atoms in total. The molecule has 1 aromatic rings. The highest BCUT2D eigenvalue weighted by atomic mass is 19.1. The zero-order valence-electron chi connectivity index (χ0n) is 16.1. The lowest BCUT2D eigenvalue weighted by Crippen LogP contribution is -2.56. The highest BCUT2D eigenvalue weighted by Gasteiger charge is 2.33. The molecule has 1 aromatic carbocycles. The third-order valence-electron chi connectivity index (χ3n) is 5.42. The molecule has 2 aliphatic rings. The second-order valence-corrected chi connectivity index (χ2v) is 7.36. The highest BCUT2D eigenvalue weighted by Crippen LogP contribution is 2.17. The van der Waals surface area contributed by atoms with E-state index in [1.165, 1.54) is 12.1 Å². The van der Waals surface area contributed by atoms with Gasteiger partial charge >= 0.3 is 0 Å². The summed E-state index contributed by atoms with van der Waals surface area (Å²) in [6.07, 6.45) is 1.46. The molecule has 0 N–H and O–H groups in total. The number of nitrogens with zero attached hydrogens (tertiary/aromatic N) is 3. The Bertz CT molecular complexity index is 670. The van der Waals surface area contributed by atoms with E-state index in [2.05, 4.69) is 4.90 Å². The predicted octanol–water partition coefficient (Wildman–Crippen LogP) is 1.50. The second-order valence-electron chi connectivity index (χ2n) is 7.36.